The van der Waals surface area contributed by atoms with Crippen molar-refractivity contribution < 1.29 is 9.47 Å². The van der Waals surface area contributed by atoms with Gasteiger partial charge < -0.3 is 19.7 Å². The molecule has 6 heterocycles. The number of rotatable bonds is 4. The van der Waals surface area contributed by atoms with Gasteiger partial charge in [0.1, 0.15) is 36.3 Å². The molecule has 7 rings (SSSR count). The molecule has 174 valence electrons. The van der Waals surface area contributed by atoms with Gasteiger partial charge in [0.05, 0.1) is 11.6 Å². The van der Waals surface area contributed by atoms with Crippen molar-refractivity contribution in [3.8, 4) is 17.2 Å². The summed E-state index contributed by atoms with van der Waals surface area (Å²) in [5.74, 6) is 3.80. The normalized spacial score (nSPS) is 16.7. The largest absolute Gasteiger partial charge is 0.487 e. The van der Waals surface area contributed by atoms with E-state index in [0.29, 0.717) is 24.2 Å². The van der Waals surface area contributed by atoms with E-state index in [2.05, 4.69) is 30.3 Å². The summed E-state index contributed by atoms with van der Waals surface area (Å²) < 4.78 is 13.8. The summed E-state index contributed by atoms with van der Waals surface area (Å²) in [7, 11) is 0. The van der Waals surface area contributed by atoms with Crippen LogP contribution in [0, 0.1) is 6.92 Å². The molecule has 1 saturated heterocycles. The fourth-order valence-electron chi connectivity index (χ4n) is 4.80. The molecule has 4 aromatic heterocycles. The van der Waals surface area contributed by atoms with E-state index in [-0.39, 0.29) is 0 Å². The molecule has 1 N–H and O–H groups in total. The number of hydrogen-bond acceptors (Lipinski definition) is 9. The predicted octanol–water partition coefficient (Wildman–Crippen LogP) is 4.27. The third-order valence-corrected chi connectivity index (χ3v) is 6.55. The number of aryl methyl sites for hydroxylation is 1. The van der Waals surface area contributed by atoms with Gasteiger partial charge in [-0.05, 0) is 49.6 Å². The van der Waals surface area contributed by atoms with Gasteiger partial charge in [0.25, 0.3) is 0 Å². The standard InChI is InChI=1S/C25H22N8O2/c1-15-9-16(4-5-20(15)35-18-6-8-33-22(10-18)27-14-29-33)30-24-23-19(26-13-28-24)11-21-25(31-23)32-7-2-3-17(32)12-34-21/h4-6,8-11,13-14,17H,2-3,7,12H2,1H3,(H,26,28,30). The lowest BCUT2D eigenvalue weighted by Gasteiger charge is -2.32. The highest BCUT2D eigenvalue weighted by Crippen LogP contribution is 2.39. The van der Waals surface area contributed by atoms with Gasteiger partial charge in [-0.25, -0.2) is 24.5 Å². The molecule has 0 spiro atoms. The zero-order valence-corrected chi connectivity index (χ0v) is 19.0. The molecular weight excluding hydrogens is 444 g/mol. The Labute approximate surface area is 200 Å². The molecule has 0 radical (unpaired) electrons. The Balaban J connectivity index is 1.18. The highest BCUT2D eigenvalue weighted by molar-refractivity contribution is 5.90. The lowest BCUT2D eigenvalue weighted by atomic mass is 10.2. The van der Waals surface area contributed by atoms with Crippen molar-refractivity contribution in [1.29, 1.82) is 0 Å². The number of nitrogens with zero attached hydrogens (tertiary/aromatic N) is 7. The van der Waals surface area contributed by atoms with Crippen LogP contribution in [-0.4, -0.2) is 48.7 Å². The van der Waals surface area contributed by atoms with Crippen molar-refractivity contribution in [2.75, 3.05) is 23.4 Å². The molecule has 2 aliphatic heterocycles. The first-order valence-electron chi connectivity index (χ1n) is 11.6. The fourth-order valence-corrected chi connectivity index (χ4v) is 4.80. The summed E-state index contributed by atoms with van der Waals surface area (Å²) in [6.45, 7) is 3.71. The predicted molar refractivity (Wildman–Crippen MR) is 131 cm³/mol. The van der Waals surface area contributed by atoms with E-state index in [1.54, 1.807) is 10.8 Å². The Morgan fingerprint density at radius 2 is 2.06 bits per heavy atom. The SMILES string of the molecule is Cc1cc(Nc2ncnc3cc4c(nc23)N2CCCC2CO4)ccc1Oc1ccn2ncnc2c1. The number of hydrogen-bond donors (Lipinski definition) is 1. The summed E-state index contributed by atoms with van der Waals surface area (Å²) >= 11 is 0. The molecule has 1 fully saturated rings. The Hall–Kier alpha value is -4.47. The molecular formula is C25H22N8O2. The van der Waals surface area contributed by atoms with Crippen LogP contribution in [0.25, 0.3) is 16.7 Å². The zero-order valence-electron chi connectivity index (χ0n) is 19.0. The van der Waals surface area contributed by atoms with Gasteiger partial charge in [-0.3, -0.25) is 0 Å². The second-order valence-electron chi connectivity index (χ2n) is 8.83. The first-order valence-corrected chi connectivity index (χ1v) is 11.6. The highest BCUT2D eigenvalue weighted by atomic mass is 16.5. The maximum absolute atomic E-state index is 6.10. The lowest BCUT2D eigenvalue weighted by Crippen LogP contribution is -2.38. The van der Waals surface area contributed by atoms with E-state index in [0.717, 1.165) is 64.6 Å². The maximum Gasteiger partial charge on any atom is 0.172 e. The molecule has 10 nitrogen and oxygen atoms in total. The number of anilines is 3. The van der Waals surface area contributed by atoms with Crippen LogP contribution in [0.1, 0.15) is 18.4 Å². The number of nitrogens with one attached hydrogen (secondary N) is 1. The van der Waals surface area contributed by atoms with E-state index in [1.165, 1.54) is 6.33 Å². The Kier molecular flexibility index (Phi) is 4.44. The van der Waals surface area contributed by atoms with Crippen LogP contribution in [0.5, 0.6) is 17.2 Å². The van der Waals surface area contributed by atoms with Gasteiger partial charge in [0.15, 0.2) is 23.0 Å². The van der Waals surface area contributed by atoms with Crippen molar-refractivity contribution >= 4 is 34.0 Å². The number of fused-ring (bicyclic) bond motifs is 5. The second kappa shape index (κ2) is 7.79. The molecule has 10 heteroatoms. The molecule has 2 aliphatic rings. The van der Waals surface area contributed by atoms with Crippen LogP contribution < -0.4 is 19.7 Å². The monoisotopic (exact) mass is 466 g/mol. The van der Waals surface area contributed by atoms with E-state index >= 15 is 0 Å². The molecule has 1 aromatic carbocycles. The number of pyridine rings is 2. The molecule has 35 heavy (non-hydrogen) atoms. The minimum Gasteiger partial charge on any atom is -0.487 e. The molecule has 0 amide bonds. The van der Waals surface area contributed by atoms with Crippen LogP contribution in [0.2, 0.25) is 0 Å². The first-order chi connectivity index (χ1) is 17.2. The number of aromatic nitrogens is 6. The van der Waals surface area contributed by atoms with E-state index in [4.69, 9.17) is 14.5 Å². The number of ether oxygens (including phenoxy) is 2. The molecule has 1 atom stereocenters. The van der Waals surface area contributed by atoms with Crippen LogP contribution in [0.4, 0.5) is 17.3 Å². The molecule has 0 bridgehead atoms. The Bertz CT molecular complexity index is 1580. The van der Waals surface area contributed by atoms with Gasteiger partial charge in [0, 0.05) is 30.6 Å². The Morgan fingerprint density at radius 3 is 3.00 bits per heavy atom. The van der Waals surface area contributed by atoms with Crippen molar-refractivity contribution in [1.82, 2.24) is 29.5 Å². The minimum absolute atomic E-state index is 0.397. The summed E-state index contributed by atoms with van der Waals surface area (Å²) in [6, 6.07) is 12.0. The zero-order chi connectivity index (χ0) is 23.4. The van der Waals surface area contributed by atoms with Crippen molar-refractivity contribution in [3.05, 3.63) is 60.8 Å². The van der Waals surface area contributed by atoms with E-state index < -0.39 is 0 Å². The van der Waals surface area contributed by atoms with Crippen LogP contribution in [-0.2, 0) is 0 Å². The third-order valence-electron chi connectivity index (χ3n) is 6.55. The van der Waals surface area contributed by atoms with Crippen LogP contribution in [0.15, 0.2) is 55.2 Å². The summed E-state index contributed by atoms with van der Waals surface area (Å²) in [4.78, 5) is 20.4. The molecule has 0 saturated carbocycles. The van der Waals surface area contributed by atoms with Crippen molar-refractivity contribution in [2.24, 2.45) is 0 Å². The summed E-state index contributed by atoms with van der Waals surface area (Å²) in [5, 5.41) is 7.53. The maximum atomic E-state index is 6.10. The van der Waals surface area contributed by atoms with Crippen LogP contribution in [0.3, 0.4) is 0 Å². The molecule has 1 unspecified atom stereocenters. The fraction of sp³-hybridized carbons (Fsp3) is 0.240. The van der Waals surface area contributed by atoms with Crippen molar-refractivity contribution in [3.63, 3.8) is 0 Å². The lowest BCUT2D eigenvalue weighted by molar-refractivity contribution is 0.270. The molecule has 5 aromatic rings. The van der Waals surface area contributed by atoms with E-state index in [1.807, 2.05) is 49.5 Å². The van der Waals surface area contributed by atoms with Crippen LogP contribution >= 0.6 is 0 Å². The van der Waals surface area contributed by atoms with Gasteiger partial charge >= 0.3 is 0 Å². The van der Waals surface area contributed by atoms with E-state index in [9.17, 15) is 0 Å². The summed E-state index contributed by atoms with van der Waals surface area (Å²) in [6.07, 6.45) is 7.18. The quantitative estimate of drug-likeness (QED) is 0.416. The van der Waals surface area contributed by atoms with Gasteiger partial charge in [-0.2, -0.15) is 5.10 Å². The highest BCUT2D eigenvalue weighted by Gasteiger charge is 2.33. The minimum atomic E-state index is 0.397. The third kappa shape index (κ3) is 3.45. The Morgan fingerprint density at radius 1 is 1.09 bits per heavy atom. The molecule has 0 aliphatic carbocycles. The van der Waals surface area contributed by atoms with Gasteiger partial charge in [-0.1, -0.05) is 0 Å². The summed E-state index contributed by atoms with van der Waals surface area (Å²) in [5.41, 5.74) is 4.07. The smallest absolute Gasteiger partial charge is 0.172 e. The van der Waals surface area contributed by atoms with Gasteiger partial charge in [0.2, 0.25) is 0 Å². The van der Waals surface area contributed by atoms with Crippen molar-refractivity contribution in [2.45, 2.75) is 25.8 Å². The topological polar surface area (TPSA) is 103 Å². The number of benzene rings is 1. The average molecular weight is 467 g/mol. The second-order valence-corrected chi connectivity index (χ2v) is 8.83. The van der Waals surface area contributed by atoms with Gasteiger partial charge in [-0.15, -0.1) is 0 Å². The first kappa shape index (κ1) is 20.0. The average Bonchev–Trinajstić information content (AvgIpc) is 3.54.